The third-order valence-corrected chi connectivity index (χ3v) is 7.36. The van der Waals surface area contributed by atoms with E-state index in [0.29, 0.717) is 11.5 Å². The number of hydrogen-bond acceptors (Lipinski definition) is 3. The van der Waals surface area contributed by atoms with Crippen molar-refractivity contribution < 1.29 is 14.9 Å². The summed E-state index contributed by atoms with van der Waals surface area (Å²) in [6, 6.07) is 4.11. The summed E-state index contributed by atoms with van der Waals surface area (Å²) >= 11 is 0. The third-order valence-electron chi connectivity index (χ3n) is 7.36. The predicted molar refractivity (Wildman–Crippen MR) is 168 cm³/mol. The highest BCUT2D eigenvalue weighted by Crippen LogP contribution is 2.53. The molecular formula is C36H58O3. The molecule has 0 spiro atoms. The quantitative estimate of drug-likeness (QED) is 0.400. The molecule has 2 N–H and O–H groups in total. The molecule has 0 amide bonds. The van der Waals surface area contributed by atoms with Gasteiger partial charge in [-0.3, -0.25) is 0 Å². The van der Waals surface area contributed by atoms with Gasteiger partial charge >= 0.3 is 0 Å². The largest absolute Gasteiger partial charge is 0.507 e. The minimum absolute atomic E-state index is 0.284. The van der Waals surface area contributed by atoms with E-state index >= 15 is 0 Å². The van der Waals surface area contributed by atoms with E-state index in [2.05, 4.69) is 137 Å². The highest BCUT2D eigenvalue weighted by Gasteiger charge is 2.38. The topological polar surface area (TPSA) is 49.7 Å². The van der Waals surface area contributed by atoms with Gasteiger partial charge < -0.3 is 14.9 Å². The number of benzene rings is 2. The maximum Gasteiger partial charge on any atom is 0.132 e. The lowest BCUT2D eigenvalue weighted by Gasteiger charge is -2.38. The van der Waals surface area contributed by atoms with Crippen LogP contribution in [0.1, 0.15) is 158 Å². The highest BCUT2D eigenvalue weighted by atomic mass is 16.5. The van der Waals surface area contributed by atoms with Gasteiger partial charge in [-0.05, 0) is 44.6 Å². The molecule has 220 valence electrons. The van der Waals surface area contributed by atoms with Gasteiger partial charge in [0.15, 0.2) is 0 Å². The van der Waals surface area contributed by atoms with Gasteiger partial charge in [0, 0.05) is 33.4 Å². The molecule has 0 radical (unpaired) electrons. The van der Waals surface area contributed by atoms with Crippen LogP contribution in [0.25, 0.3) is 0 Å². The summed E-state index contributed by atoms with van der Waals surface area (Å²) in [5, 5.41) is 23.5. The van der Waals surface area contributed by atoms with E-state index in [0.717, 1.165) is 44.9 Å². The van der Waals surface area contributed by atoms with Crippen molar-refractivity contribution >= 4 is 0 Å². The zero-order valence-electron chi connectivity index (χ0n) is 28.5. The minimum Gasteiger partial charge on any atom is -0.507 e. The first-order chi connectivity index (χ1) is 17.0. The summed E-state index contributed by atoms with van der Waals surface area (Å²) in [5.41, 5.74) is 3.89. The zero-order chi connectivity index (χ0) is 30.9. The first-order valence-electron chi connectivity index (χ1n) is 14.5. The molecule has 2 aromatic carbocycles. The molecule has 2 aromatic rings. The zero-order valence-corrected chi connectivity index (χ0v) is 28.5. The van der Waals surface area contributed by atoms with Crippen molar-refractivity contribution in [1.82, 2.24) is 0 Å². The number of phenols is 2. The lowest BCUT2D eigenvalue weighted by atomic mass is 9.70. The fraction of sp³-hybridized carbons (Fsp3) is 0.667. The fourth-order valence-electron chi connectivity index (χ4n) is 5.67. The molecule has 0 saturated heterocycles. The molecule has 0 aromatic heterocycles. The monoisotopic (exact) mass is 538 g/mol. The smallest absolute Gasteiger partial charge is 0.132 e. The van der Waals surface area contributed by atoms with Crippen LogP contribution >= 0.6 is 0 Å². The third kappa shape index (κ3) is 6.77. The van der Waals surface area contributed by atoms with Gasteiger partial charge in [-0.15, -0.1) is 0 Å². The Balaban J connectivity index is 3.24. The second-order valence-corrected chi connectivity index (χ2v) is 17.6. The van der Waals surface area contributed by atoms with E-state index in [1.807, 2.05) is 0 Å². The highest BCUT2D eigenvalue weighted by molar-refractivity contribution is 5.64. The van der Waals surface area contributed by atoms with E-state index in [1.165, 1.54) is 0 Å². The van der Waals surface area contributed by atoms with Gasteiger partial charge in [0.2, 0.25) is 0 Å². The van der Waals surface area contributed by atoms with Crippen LogP contribution in [-0.2, 0) is 32.5 Å². The summed E-state index contributed by atoms with van der Waals surface area (Å²) in [6.45, 7) is 38.8. The van der Waals surface area contributed by atoms with Gasteiger partial charge in [-0.2, -0.15) is 0 Å². The van der Waals surface area contributed by atoms with Crippen LogP contribution < -0.4 is 4.74 Å². The van der Waals surface area contributed by atoms with Crippen LogP contribution in [0.4, 0.5) is 0 Å². The van der Waals surface area contributed by atoms with Gasteiger partial charge in [0.25, 0.3) is 0 Å². The Morgan fingerprint density at radius 2 is 0.615 bits per heavy atom. The molecule has 3 nitrogen and oxygen atoms in total. The van der Waals surface area contributed by atoms with Crippen LogP contribution in [0, 0.1) is 0 Å². The maximum absolute atomic E-state index is 11.7. The molecule has 0 atom stereocenters. The standard InChI is InChI=1S/C36H58O3/c1-31(2,3)21-19-23(25(33(7,8)9)27(29(21)37)35(13,14)15)39-24-20-22(32(4,5)6)30(38)28(36(16,17)18)26(24)34(10,11)12/h19-20,37-38H,1-18H3. The van der Waals surface area contributed by atoms with Gasteiger partial charge in [-0.1, -0.05) is 125 Å². The second-order valence-electron chi connectivity index (χ2n) is 17.6. The van der Waals surface area contributed by atoms with Crippen molar-refractivity contribution in [3.05, 3.63) is 45.5 Å². The molecule has 2 rings (SSSR count). The number of aromatic hydroxyl groups is 2. The van der Waals surface area contributed by atoms with E-state index in [4.69, 9.17) is 4.74 Å². The molecule has 0 bridgehead atoms. The molecule has 0 aliphatic heterocycles. The average Bonchev–Trinajstić information content (AvgIpc) is 2.64. The normalized spacial score (nSPS) is 14.1. The lowest BCUT2D eigenvalue weighted by molar-refractivity contribution is 0.382. The predicted octanol–water partition coefficient (Wildman–Crippen LogP) is 10.7. The van der Waals surface area contributed by atoms with Gasteiger partial charge in [-0.25, -0.2) is 0 Å². The van der Waals surface area contributed by atoms with Crippen LogP contribution in [0.2, 0.25) is 0 Å². The Kier molecular flexibility index (Phi) is 8.25. The molecule has 0 unspecified atom stereocenters. The molecule has 0 aliphatic carbocycles. The summed E-state index contributed by atoms with van der Waals surface area (Å²) in [7, 11) is 0. The van der Waals surface area contributed by atoms with Crippen LogP contribution in [0.3, 0.4) is 0 Å². The van der Waals surface area contributed by atoms with E-state index in [1.54, 1.807) is 0 Å². The van der Waals surface area contributed by atoms with Crippen molar-refractivity contribution in [1.29, 1.82) is 0 Å². The first kappa shape index (κ1) is 33.0. The fourth-order valence-corrected chi connectivity index (χ4v) is 5.67. The van der Waals surface area contributed by atoms with Crippen molar-refractivity contribution in [3.63, 3.8) is 0 Å². The average molecular weight is 539 g/mol. The van der Waals surface area contributed by atoms with Crippen molar-refractivity contribution in [2.45, 2.75) is 157 Å². The summed E-state index contributed by atoms with van der Waals surface area (Å²) in [5.74, 6) is 2.26. The number of ether oxygens (including phenoxy) is 1. The first-order valence-corrected chi connectivity index (χ1v) is 14.5. The molecule has 3 heteroatoms. The Morgan fingerprint density at radius 1 is 0.385 bits per heavy atom. The number of hydrogen-bond donors (Lipinski definition) is 2. The van der Waals surface area contributed by atoms with Crippen LogP contribution in [0.5, 0.6) is 23.0 Å². The van der Waals surface area contributed by atoms with E-state index in [-0.39, 0.29) is 32.5 Å². The summed E-state index contributed by atoms with van der Waals surface area (Å²) in [6.07, 6.45) is 0. The molecule has 0 heterocycles. The van der Waals surface area contributed by atoms with Crippen LogP contribution in [-0.4, -0.2) is 10.2 Å². The maximum atomic E-state index is 11.7. The summed E-state index contributed by atoms with van der Waals surface area (Å²) in [4.78, 5) is 0. The van der Waals surface area contributed by atoms with Crippen molar-refractivity contribution in [3.8, 4) is 23.0 Å². The molecule has 0 fully saturated rings. The molecule has 39 heavy (non-hydrogen) atoms. The van der Waals surface area contributed by atoms with E-state index < -0.39 is 0 Å². The Morgan fingerprint density at radius 3 is 0.795 bits per heavy atom. The van der Waals surface area contributed by atoms with Gasteiger partial charge in [0.05, 0.1) is 0 Å². The molecule has 0 aliphatic rings. The Bertz CT molecular complexity index is 1120. The van der Waals surface area contributed by atoms with E-state index in [9.17, 15) is 10.2 Å². The Labute approximate surface area is 240 Å². The number of rotatable bonds is 2. The second kappa shape index (κ2) is 9.74. The van der Waals surface area contributed by atoms with Crippen molar-refractivity contribution in [2.75, 3.05) is 0 Å². The lowest BCUT2D eigenvalue weighted by Crippen LogP contribution is -2.27. The SMILES string of the molecule is CC(C)(C)c1cc(Oc2cc(C(C)(C)C)c(O)c(C(C)(C)C)c2C(C)(C)C)c(C(C)(C)C)c(C(C)(C)C)c1O. The summed E-state index contributed by atoms with van der Waals surface area (Å²) < 4.78 is 7.12. The van der Waals surface area contributed by atoms with Crippen molar-refractivity contribution in [2.24, 2.45) is 0 Å². The van der Waals surface area contributed by atoms with Gasteiger partial charge in [0.1, 0.15) is 23.0 Å². The molecule has 0 saturated carbocycles. The Hall–Kier alpha value is -2.16. The minimum atomic E-state index is -0.305. The van der Waals surface area contributed by atoms with Crippen LogP contribution in [0.15, 0.2) is 12.1 Å². The number of phenolic OH excluding ortho intramolecular Hbond substituents is 2. The molecular weight excluding hydrogens is 480 g/mol.